The van der Waals surface area contributed by atoms with Crippen molar-refractivity contribution >= 4 is 38.4 Å². The number of benzene rings is 3. The van der Waals surface area contributed by atoms with E-state index in [0.29, 0.717) is 0 Å². The molecule has 0 saturated carbocycles. The van der Waals surface area contributed by atoms with Gasteiger partial charge in [-0.2, -0.15) is 0 Å². The van der Waals surface area contributed by atoms with Crippen molar-refractivity contribution in [2.24, 2.45) is 0 Å². The third-order valence-corrected chi connectivity index (χ3v) is 7.80. The molecule has 39 heavy (non-hydrogen) atoms. The van der Waals surface area contributed by atoms with Crippen molar-refractivity contribution in [3.05, 3.63) is 65.8 Å². The molecule has 2 N–H and O–H groups in total. The third-order valence-electron chi connectivity index (χ3n) is 7.80. The lowest BCUT2D eigenvalue weighted by Gasteiger charge is -2.30. The smallest absolute Gasteiger partial charge is 0.142 e. The first-order valence-electron chi connectivity index (χ1n) is 13.3. The van der Waals surface area contributed by atoms with Crippen LogP contribution in [0.15, 0.2) is 53.1 Å². The van der Waals surface area contributed by atoms with Crippen molar-refractivity contribution in [2.75, 3.05) is 38.2 Å². The number of aromatic amines is 1. The summed E-state index contributed by atoms with van der Waals surface area (Å²) in [5, 5.41) is 12.0. The second-order valence-corrected chi connectivity index (χ2v) is 10.2. The summed E-state index contributed by atoms with van der Waals surface area (Å²) in [4.78, 5) is 15.8. The lowest BCUT2D eigenvalue weighted by molar-refractivity contribution is 0.393. The van der Waals surface area contributed by atoms with Crippen LogP contribution in [0.4, 0.5) is 5.69 Å². The molecular formula is C31H30N6O2. The Morgan fingerprint density at radius 1 is 0.897 bits per heavy atom. The largest absolute Gasteiger partial charge is 0.496 e. The van der Waals surface area contributed by atoms with E-state index in [9.17, 15) is 0 Å². The molecule has 1 aliphatic rings. The van der Waals surface area contributed by atoms with Crippen molar-refractivity contribution < 1.29 is 9.26 Å². The highest BCUT2D eigenvalue weighted by atomic mass is 16.5. The summed E-state index contributed by atoms with van der Waals surface area (Å²) < 4.78 is 11.4. The van der Waals surface area contributed by atoms with Gasteiger partial charge in [0.1, 0.15) is 23.0 Å². The van der Waals surface area contributed by atoms with Crippen molar-refractivity contribution in [1.82, 2.24) is 25.4 Å². The monoisotopic (exact) mass is 518 g/mol. The van der Waals surface area contributed by atoms with Crippen molar-refractivity contribution in [3.8, 4) is 28.1 Å². The maximum atomic E-state index is 5.89. The van der Waals surface area contributed by atoms with Gasteiger partial charge in [-0.05, 0) is 44.4 Å². The van der Waals surface area contributed by atoms with Crippen LogP contribution in [0.3, 0.4) is 0 Å². The molecule has 1 saturated heterocycles. The van der Waals surface area contributed by atoms with Gasteiger partial charge in [0, 0.05) is 59.3 Å². The Labute approximate surface area is 226 Å². The van der Waals surface area contributed by atoms with Gasteiger partial charge in [-0.3, -0.25) is 0 Å². The minimum Gasteiger partial charge on any atom is -0.496 e. The van der Waals surface area contributed by atoms with Crippen LogP contribution in [0.5, 0.6) is 5.75 Å². The standard InChI is InChI=1S/C31H30N6O2/c1-17-28(18(2)39-36-17)24-15-25-23(16-27(24)38-4)29-30(33-19(3)34-31(29)35-25)22-9-10-26(37-13-11-32-12-14-37)21-8-6-5-7-20(21)22/h5-10,15-16,32H,11-14H2,1-4H3,(H,33,34,35). The summed E-state index contributed by atoms with van der Waals surface area (Å²) in [5.41, 5.74) is 7.75. The second kappa shape index (κ2) is 9.10. The number of hydrogen-bond acceptors (Lipinski definition) is 7. The number of anilines is 1. The Bertz CT molecular complexity index is 1860. The molecule has 6 aromatic rings. The highest BCUT2D eigenvalue weighted by molar-refractivity contribution is 6.16. The zero-order valence-corrected chi connectivity index (χ0v) is 22.6. The van der Waals surface area contributed by atoms with Gasteiger partial charge in [0.15, 0.2) is 0 Å². The van der Waals surface area contributed by atoms with E-state index >= 15 is 0 Å². The molecule has 3 aromatic carbocycles. The number of H-pyrrole nitrogens is 1. The van der Waals surface area contributed by atoms with E-state index in [0.717, 1.165) is 93.5 Å². The van der Waals surface area contributed by atoms with Gasteiger partial charge in [0.05, 0.1) is 29.4 Å². The van der Waals surface area contributed by atoms with Crippen LogP contribution in [-0.2, 0) is 0 Å². The van der Waals surface area contributed by atoms with E-state index in [1.54, 1.807) is 7.11 Å². The number of fused-ring (bicyclic) bond motifs is 4. The Morgan fingerprint density at radius 3 is 2.44 bits per heavy atom. The molecule has 8 nitrogen and oxygen atoms in total. The number of nitrogens with one attached hydrogen (secondary N) is 2. The van der Waals surface area contributed by atoms with Crippen LogP contribution < -0.4 is 15.0 Å². The molecule has 0 atom stereocenters. The van der Waals surface area contributed by atoms with Crippen LogP contribution in [0.25, 0.3) is 55.1 Å². The van der Waals surface area contributed by atoms with E-state index in [2.05, 4.69) is 68.9 Å². The molecule has 7 rings (SSSR count). The zero-order chi connectivity index (χ0) is 26.7. The molecule has 196 valence electrons. The summed E-state index contributed by atoms with van der Waals surface area (Å²) >= 11 is 0. The molecule has 1 fully saturated rings. The van der Waals surface area contributed by atoms with Crippen LogP contribution in [-0.4, -0.2) is 53.4 Å². The lowest BCUT2D eigenvalue weighted by Crippen LogP contribution is -2.43. The molecular weight excluding hydrogens is 488 g/mol. The number of aryl methyl sites for hydroxylation is 3. The molecule has 1 aliphatic heterocycles. The first kappa shape index (κ1) is 23.7. The van der Waals surface area contributed by atoms with Crippen molar-refractivity contribution in [1.29, 1.82) is 0 Å². The molecule has 0 radical (unpaired) electrons. The number of ether oxygens (including phenoxy) is 1. The van der Waals surface area contributed by atoms with Crippen LogP contribution in [0, 0.1) is 20.8 Å². The highest BCUT2D eigenvalue weighted by Crippen LogP contribution is 2.43. The fourth-order valence-electron chi connectivity index (χ4n) is 6.03. The minimum absolute atomic E-state index is 0.720. The third kappa shape index (κ3) is 3.74. The van der Waals surface area contributed by atoms with Crippen LogP contribution in [0.2, 0.25) is 0 Å². The Hall–Kier alpha value is -4.43. The SMILES string of the molecule is COc1cc2c(cc1-c1c(C)noc1C)[nH]c1nc(C)nc(-c3ccc(N4CCNCC4)c4ccccc34)c12. The number of nitrogens with zero attached hydrogens (tertiary/aromatic N) is 4. The second-order valence-electron chi connectivity index (χ2n) is 10.2. The van der Waals surface area contributed by atoms with Gasteiger partial charge in [-0.1, -0.05) is 35.5 Å². The van der Waals surface area contributed by atoms with E-state index in [1.807, 2.05) is 20.8 Å². The van der Waals surface area contributed by atoms with Gasteiger partial charge in [-0.15, -0.1) is 0 Å². The summed E-state index contributed by atoms with van der Waals surface area (Å²) in [7, 11) is 1.70. The normalized spacial score (nSPS) is 14.1. The molecule has 0 spiro atoms. The number of aromatic nitrogens is 4. The van der Waals surface area contributed by atoms with Crippen molar-refractivity contribution in [2.45, 2.75) is 20.8 Å². The summed E-state index contributed by atoms with van der Waals surface area (Å²) in [5.74, 6) is 2.23. The predicted molar refractivity (Wildman–Crippen MR) is 156 cm³/mol. The molecule has 0 amide bonds. The highest BCUT2D eigenvalue weighted by Gasteiger charge is 2.22. The molecule has 4 heterocycles. The fourth-order valence-corrected chi connectivity index (χ4v) is 6.03. The maximum absolute atomic E-state index is 5.89. The van der Waals surface area contributed by atoms with Gasteiger partial charge in [-0.25, -0.2) is 9.97 Å². The summed E-state index contributed by atoms with van der Waals surface area (Å²) in [6.07, 6.45) is 0. The Morgan fingerprint density at radius 2 is 1.69 bits per heavy atom. The average molecular weight is 519 g/mol. The molecule has 0 bridgehead atoms. The van der Waals surface area contributed by atoms with E-state index in [-0.39, 0.29) is 0 Å². The molecule has 8 heteroatoms. The summed E-state index contributed by atoms with van der Waals surface area (Å²) in [6.45, 7) is 9.80. The average Bonchev–Trinajstić information content (AvgIpc) is 3.49. The minimum atomic E-state index is 0.720. The fraction of sp³-hybridized carbons (Fsp3) is 0.258. The molecule has 3 aromatic heterocycles. The quantitative estimate of drug-likeness (QED) is 0.299. The maximum Gasteiger partial charge on any atom is 0.142 e. The van der Waals surface area contributed by atoms with Crippen molar-refractivity contribution in [3.63, 3.8) is 0 Å². The first-order chi connectivity index (χ1) is 19.0. The number of piperazine rings is 1. The van der Waals surface area contributed by atoms with Gasteiger partial charge >= 0.3 is 0 Å². The first-order valence-corrected chi connectivity index (χ1v) is 13.3. The van der Waals surface area contributed by atoms with E-state index in [4.69, 9.17) is 19.2 Å². The topological polar surface area (TPSA) is 92.1 Å². The van der Waals surface area contributed by atoms with Crippen LogP contribution >= 0.6 is 0 Å². The number of rotatable bonds is 4. The lowest BCUT2D eigenvalue weighted by atomic mass is 9.96. The molecule has 0 unspecified atom stereocenters. The predicted octanol–water partition coefficient (Wildman–Crippen LogP) is 5.93. The van der Waals surface area contributed by atoms with Crippen LogP contribution in [0.1, 0.15) is 17.3 Å². The number of hydrogen-bond donors (Lipinski definition) is 2. The number of methoxy groups -OCH3 is 1. The Balaban J connectivity index is 1.49. The van der Waals surface area contributed by atoms with Gasteiger partial charge in [0.2, 0.25) is 0 Å². The van der Waals surface area contributed by atoms with Gasteiger partial charge < -0.3 is 24.5 Å². The zero-order valence-electron chi connectivity index (χ0n) is 22.6. The Kier molecular flexibility index (Phi) is 5.52. The van der Waals surface area contributed by atoms with Gasteiger partial charge in [0.25, 0.3) is 0 Å². The van der Waals surface area contributed by atoms with E-state index in [1.165, 1.54) is 16.5 Å². The molecule has 0 aliphatic carbocycles. The van der Waals surface area contributed by atoms with E-state index < -0.39 is 0 Å². The summed E-state index contributed by atoms with van der Waals surface area (Å²) in [6, 6.07) is 17.3.